The number of hydrogen-bond acceptors (Lipinski definition) is 5. The Morgan fingerprint density at radius 3 is 2.83 bits per heavy atom. The number of oxime groups is 1. The molecule has 0 saturated heterocycles. The number of rotatable bonds is 5. The molecule has 1 unspecified atom stereocenters. The van der Waals surface area contributed by atoms with E-state index >= 15 is 0 Å². The van der Waals surface area contributed by atoms with E-state index in [0.29, 0.717) is 23.0 Å². The molecule has 0 spiro atoms. The highest BCUT2D eigenvalue weighted by molar-refractivity contribution is 6.50. The van der Waals surface area contributed by atoms with Gasteiger partial charge in [-0.1, -0.05) is 10.0 Å². The Bertz CT molecular complexity index is 791. The van der Waals surface area contributed by atoms with Gasteiger partial charge < -0.3 is 14.8 Å². The van der Waals surface area contributed by atoms with Crippen molar-refractivity contribution in [3.8, 4) is 5.75 Å². The van der Waals surface area contributed by atoms with Crippen LogP contribution in [0.3, 0.4) is 0 Å². The van der Waals surface area contributed by atoms with Gasteiger partial charge in [0.25, 0.3) is 0 Å². The van der Waals surface area contributed by atoms with E-state index in [2.05, 4.69) is 10.3 Å². The zero-order valence-corrected chi connectivity index (χ0v) is 13.9. The van der Waals surface area contributed by atoms with Gasteiger partial charge >= 0.3 is 0 Å². The Morgan fingerprint density at radius 1 is 1.57 bits per heavy atom. The molecule has 1 aromatic heterocycles. The maximum absolute atomic E-state index is 14.3. The lowest BCUT2D eigenvalue weighted by Crippen LogP contribution is -2.09. The Morgan fingerprint density at radius 2 is 2.26 bits per heavy atom. The normalized spacial score (nSPS) is 19.9. The Labute approximate surface area is 141 Å². The molecular weight excluding hydrogens is 348 g/mol. The highest BCUT2D eigenvalue weighted by atomic mass is 35.5. The van der Waals surface area contributed by atoms with Crippen molar-refractivity contribution in [3.63, 3.8) is 0 Å². The lowest BCUT2D eigenvalue weighted by molar-refractivity contribution is 0.144. The molecule has 1 aliphatic carbocycles. The predicted molar refractivity (Wildman–Crippen MR) is 84.2 cm³/mol. The summed E-state index contributed by atoms with van der Waals surface area (Å²) >= 11 is 11.9. The molecule has 1 aromatic carbocycles. The zero-order chi connectivity index (χ0) is 16.8. The van der Waals surface area contributed by atoms with Crippen LogP contribution in [0.1, 0.15) is 19.0 Å². The molecule has 23 heavy (non-hydrogen) atoms. The van der Waals surface area contributed by atoms with Gasteiger partial charge in [-0.05, 0) is 19.4 Å². The van der Waals surface area contributed by atoms with Gasteiger partial charge in [0.2, 0.25) is 0 Å². The van der Waals surface area contributed by atoms with Crippen LogP contribution in [0.2, 0.25) is 0 Å². The van der Waals surface area contributed by atoms with E-state index in [-0.39, 0.29) is 24.0 Å². The molecule has 1 N–H and O–H groups in total. The third-order valence-electron chi connectivity index (χ3n) is 3.76. The van der Waals surface area contributed by atoms with Gasteiger partial charge in [-0.25, -0.2) is 4.39 Å². The van der Waals surface area contributed by atoms with Crippen molar-refractivity contribution in [3.05, 3.63) is 23.6 Å². The zero-order valence-electron chi connectivity index (χ0n) is 12.4. The van der Waals surface area contributed by atoms with E-state index in [1.54, 1.807) is 6.92 Å². The van der Waals surface area contributed by atoms with E-state index in [4.69, 9.17) is 38.0 Å². The van der Waals surface area contributed by atoms with Crippen molar-refractivity contribution in [2.24, 2.45) is 11.1 Å². The molecule has 124 valence electrons. The molecular formula is C14H14Cl2FN3O3. The van der Waals surface area contributed by atoms with Crippen LogP contribution in [-0.4, -0.2) is 38.9 Å². The van der Waals surface area contributed by atoms with Gasteiger partial charge in [0.1, 0.15) is 28.4 Å². The van der Waals surface area contributed by atoms with Crippen LogP contribution in [0.25, 0.3) is 10.9 Å². The molecule has 0 radical (unpaired) electrons. The Hall–Kier alpha value is -1.73. The fourth-order valence-electron chi connectivity index (χ4n) is 2.29. The first kappa shape index (κ1) is 16.1. The summed E-state index contributed by atoms with van der Waals surface area (Å²) in [5.74, 6) is -0.528. The van der Waals surface area contributed by atoms with Crippen molar-refractivity contribution in [2.75, 3.05) is 13.7 Å². The minimum atomic E-state index is -0.781. The van der Waals surface area contributed by atoms with E-state index in [1.807, 2.05) is 0 Å². The topological polar surface area (TPSA) is 68.9 Å². The third kappa shape index (κ3) is 2.90. The van der Waals surface area contributed by atoms with Crippen LogP contribution in [0.5, 0.6) is 5.75 Å². The van der Waals surface area contributed by atoms with Crippen molar-refractivity contribution < 1.29 is 19.2 Å². The van der Waals surface area contributed by atoms with E-state index < -0.39 is 10.2 Å². The SMILES string of the molecule is COn1nc(C(C)=NO)c2cc(F)c(OCC3CC3(Cl)Cl)cc21. The predicted octanol–water partition coefficient (Wildman–Crippen LogP) is 3.00. The van der Waals surface area contributed by atoms with Gasteiger partial charge in [0.05, 0.1) is 6.61 Å². The molecule has 1 aliphatic rings. The standard InChI is InChI=1S/C14H14Cl2FN3O3/c1-7(19-21)13-9-3-10(17)12(4-11(9)20(18-13)22-2)23-6-8-5-14(8,15)16/h3-4,8,21H,5-6H2,1-2H3. The summed E-state index contributed by atoms with van der Waals surface area (Å²) in [4.78, 5) is 6.32. The molecule has 0 amide bonds. The Balaban J connectivity index is 1.96. The lowest BCUT2D eigenvalue weighted by atomic mass is 10.1. The molecule has 1 atom stereocenters. The van der Waals surface area contributed by atoms with Crippen LogP contribution in [0, 0.1) is 11.7 Å². The van der Waals surface area contributed by atoms with Gasteiger partial charge in [0.15, 0.2) is 11.6 Å². The second-order valence-corrected chi connectivity index (χ2v) is 6.90. The fourth-order valence-corrected chi connectivity index (χ4v) is 2.79. The molecule has 1 fully saturated rings. The molecule has 9 heteroatoms. The highest BCUT2D eigenvalue weighted by Crippen LogP contribution is 2.53. The number of ether oxygens (including phenoxy) is 1. The maximum atomic E-state index is 14.3. The van der Waals surface area contributed by atoms with Crippen LogP contribution >= 0.6 is 23.2 Å². The number of nitrogens with zero attached hydrogens (tertiary/aromatic N) is 3. The van der Waals surface area contributed by atoms with Crippen molar-refractivity contribution >= 4 is 39.8 Å². The largest absolute Gasteiger partial charge is 0.490 e. The number of halogens is 3. The summed E-state index contributed by atoms with van der Waals surface area (Å²) in [5.41, 5.74) is 1.05. The van der Waals surface area contributed by atoms with Crippen LogP contribution in [-0.2, 0) is 0 Å². The third-order valence-corrected chi connectivity index (χ3v) is 4.69. The molecule has 0 aliphatic heterocycles. The summed E-state index contributed by atoms with van der Waals surface area (Å²) < 4.78 is 19.0. The number of fused-ring (bicyclic) bond motifs is 1. The first-order valence-corrected chi connectivity index (χ1v) is 7.59. The highest BCUT2D eigenvalue weighted by Gasteiger charge is 2.52. The average Bonchev–Trinajstić information content (AvgIpc) is 2.98. The second kappa shape index (κ2) is 5.72. The average molecular weight is 362 g/mol. The van der Waals surface area contributed by atoms with Crippen molar-refractivity contribution in [1.29, 1.82) is 0 Å². The van der Waals surface area contributed by atoms with Gasteiger partial charge in [-0.2, -0.15) is 0 Å². The summed E-state index contributed by atoms with van der Waals surface area (Å²) in [7, 11) is 1.42. The first-order valence-electron chi connectivity index (χ1n) is 6.83. The first-order chi connectivity index (χ1) is 10.9. The second-order valence-electron chi connectivity index (χ2n) is 5.36. The van der Waals surface area contributed by atoms with Crippen LogP contribution in [0.4, 0.5) is 4.39 Å². The van der Waals surface area contributed by atoms with Gasteiger partial charge in [0, 0.05) is 17.4 Å². The van der Waals surface area contributed by atoms with Crippen molar-refractivity contribution in [2.45, 2.75) is 17.7 Å². The smallest absolute Gasteiger partial charge is 0.165 e. The number of benzene rings is 1. The van der Waals surface area contributed by atoms with Gasteiger partial charge in [-0.15, -0.1) is 28.3 Å². The molecule has 0 bridgehead atoms. The maximum Gasteiger partial charge on any atom is 0.165 e. The summed E-state index contributed by atoms with van der Waals surface area (Å²) in [6.07, 6.45) is 0.617. The number of alkyl halides is 2. The lowest BCUT2D eigenvalue weighted by Gasteiger charge is -2.08. The molecule has 2 aromatic rings. The van der Waals surface area contributed by atoms with Crippen LogP contribution in [0.15, 0.2) is 17.3 Å². The molecule has 3 rings (SSSR count). The summed E-state index contributed by atoms with van der Waals surface area (Å²) in [6.45, 7) is 1.78. The van der Waals surface area contributed by atoms with E-state index in [1.165, 1.54) is 24.1 Å². The monoisotopic (exact) mass is 361 g/mol. The quantitative estimate of drug-likeness (QED) is 0.384. The summed E-state index contributed by atoms with van der Waals surface area (Å²) in [6, 6.07) is 2.74. The molecule has 6 nitrogen and oxygen atoms in total. The van der Waals surface area contributed by atoms with E-state index in [9.17, 15) is 4.39 Å². The summed E-state index contributed by atoms with van der Waals surface area (Å²) in [5, 5.41) is 16.6. The van der Waals surface area contributed by atoms with Gasteiger partial charge in [-0.3, -0.25) is 0 Å². The van der Waals surface area contributed by atoms with Crippen LogP contribution < -0.4 is 9.57 Å². The molecule has 1 saturated carbocycles. The number of aromatic nitrogens is 2. The van der Waals surface area contributed by atoms with Crippen molar-refractivity contribution in [1.82, 2.24) is 9.94 Å². The molecule has 1 heterocycles. The van der Waals surface area contributed by atoms with E-state index in [0.717, 1.165) is 0 Å². The minimum absolute atomic E-state index is 0.0207. The fraction of sp³-hybridized carbons (Fsp3) is 0.429. The Kier molecular flexibility index (Phi) is 4.01. The number of hydrogen-bond donors (Lipinski definition) is 1. The minimum Gasteiger partial charge on any atom is -0.490 e.